The second-order valence-electron chi connectivity index (χ2n) is 6.47. The molecule has 0 saturated heterocycles. The Morgan fingerprint density at radius 1 is 1.00 bits per heavy atom. The Morgan fingerprint density at radius 2 is 1.64 bits per heavy atom. The number of carbonyl (C=O) groups is 2. The summed E-state index contributed by atoms with van der Waals surface area (Å²) in [5.74, 6) is -1.63. The van der Waals surface area contributed by atoms with E-state index in [1.807, 2.05) is 6.07 Å². The maximum atomic E-state index is 12.0. The minimum absolute atomic E-state index is 0.501. The van der Waals surface area contributed by atoms with Crippen LogP contribution in [0.1, 0.15) is 45.1 Å². The van der Waals surface area contributed by atoms with Gasteiger partial charge >= 0.3 is 11.9 Å². The van der Waals surface area contributed by atoms with E-state index in [0.29, 0.717) is 0 Å². The lowest BCUT2D eigenvalue weighted by Crippen LogP contribution is -2.39. The first-order valence-electron chi connectivity index (χ1n) is 9.19. The number of hydrogen-bond acceptors (Lipinski definition) is 3. The van der Waals surface area contributed by atoms with Crippen molar-refractivity contribution in [1.82, 2.24) is 0 Å². The van der Waals surface area contributed by atoms with Crippen LogP contribution in [0.5, 0.6) is 0 Å². The van der Waals surface area contributed by atoms with Gasteiger partial charge in [0.05, 0.1) is 0 Å². The number of aryl methyl sites for hydroxylation is 1. The zero-order valence-electron chi connectivity index (χ0n) is 15.4. The van der Waals surface area contributed by atoms with Crippen molar-refractivity contribution in [2.75, 3.05) is 0 Å². The smallest absolute Gasteiger partial charge is 0.328 e. The van der Waals surface area contributed by atoms with Crippen LogP contribution >= 0.6 is 0 Å². The van der Waals surface area contributed by atoms with Gasteiger partial charge in [0.15, 0.2) is 0 Å². The Kier molecular flexibility index (Phi) is 9.85. The van der Waals surface area contributed by atoms with E-state index in [0.717, 1.165) is 62.4 Å². The Bertz CT molecular complexity index is 548. The number of carboxylic acids is 1. The van der Waals surface area contributed by atoms with Crippen LogP contribution < -0.4 is 0 Å². The van der Waals surface area contributed by atoms with Gasteiger partial charge in [-0.05, 0) is 36.5 Å². The van der Waals surface area contributed by atoms with Crippen LogP contribution in [0, 0.1) is 0 Å². The molecule has 0 amide bonds. The average molecular weight is 363 g/mol. The molecule has 0 fully saturated rings. The molecule has 5 heteroatoms. The van der Waals surface area contributed by atoms with Gasteiger partial charge in [0.25, 0.3) is 8.32 Å². The summed E-state index contributed by atoms with van der Waals surface area (Å²) in [6, 6.07) is 13.2. The maximum absolute atomic E-state index is 12.0. The van der Waals surface area contributed by atoms with Crippen molar-refractivity contribution < 1.29 is 19.1 Å². The van der Waals surface area contributed by atoms with E-state index in [1.165, 1.54) is 5.56 Å². The third-order valence-corrected chi connectivity index (χ3v) is 9.00. The Morgan fingerprint density at radius 3 is 2.20 bits per heavy atom. The highest BCUT2D eigenvalue weighted by Crippen LogP contribution is 2.29. The molecule has 0 aliphatic heterocycles. The van der Waals surface area contributed by atoms with E-state index in [9.17, 15) is 9.59 Å². The molecule has 0 bridgehead atoms. The van der Waals surface area contributed by atoms with Gasteiger partial charge in [0.1, 0.15) is 0 Å². The molecule has 0 spiro atoms. The molecular weight excluding hydrogens is 332 g/mol. The molecule has 0 atom stereocenters. The Labute approximate surface area is 152 Å². The molecule has 0 saturated carbocycles. The first-order valence-corrected chi connectivity index (χ1v) is 11.7. The predicted octanol–water partition coefficient (Wildman–Crippen LogP) is 4.96. The van der Waals surface area contributed by atoms with Gasteiger partial charge in [-0.25, -0.2) is 9.59 Å². The number of hydrogen-bond donors (Lipinski definition) is 1. The summed E-state index contributed by atoms with van der Waals surface area (Å²) in [5.41, 5.74) is 1.34. The van der Waals surface area contributed by atoms with Gasteiger partial charge in [-0.1, -0.05) is 63.4 Å². The van der Waals surface area contributed by atoms with Crippen molar-refractivity contribution in [2.45, 2.75) is 64.1 Å². The van der Waals surface area contributed by atoms with Crippen LogP contribution in [0.2, 0.25) is 18.1 Å². The molecule has 0 aliphatic carbocycles. The van der Waals surface area contributed by atoms with Crippen molar-refractivity contribution in [1.29, 1.82) is 0 Å². The van der Waals surface area contributed by atoms with E-state index in [4.69, 9.17) is 9.53 Å². The third kappa shape index (κ3) is 8.68. The second-order valence-corrected chi connectivity index (χ2v) is 10.5. The number of unbranched alkanes of at least 4 members (excludes halogenated alkanes) is 1. The molecule has 25 heavy (non-hydrogen) atoms. The number of carbonyl (C=O) groups excluding carboxylic acids is 1. The van der Waals surface area contributed by atoms with Crippen molar-refractivity contribution in [3.8, 4) is 0 Å². The van der Waals surface area contributed by atoms with E-state index in [-0.39, 0.29) is 0 Å². The van der Waals surface area contributed by atoms with Gasteiger partial charge in [0, 0.05) is 12.2 Å². The molecule has 4 nitrogen and oxygen atoms in total. The van der Waals surface area contributed by atoms with Crippen LogP contribution in [0.3, 0.4) is 0 Å². The number of rotatable bonds is 12. The molecule has 1 aromatic carbocycles. The van der Waals surface area contributed by atoms with Crippen molar-refractivity contribution >= 4 is 20.3 Å². The zero-order valence-corrected chi connectivity index (χ0v) is 16.4. The SMILES string of the molecule is CCC[Si](CCC)(CCCCc1ccccc1)OC(=O)/C=C\C(=O)O. The minimum atomic E-state index is -2.16. The lowest BCUT2D eigenvalue weighted by molar-refractivity contribution is -0.133. The lowest BCUT2D eigenvalue weighted by atomic mass is 10.1. The molecular formula is C20H30O4Si. The van der Waals surface area contributed by atoms with Crippen LogP contribution in [0.4, 0.5) is 0 Å². The molecule has 0 heterocycles. The first kappa shape index (κ1) is 21.2. The topological polar surface area (TPSA) is 63.6 Å². The van der Waals surface area contributed by atoms with Crippen molar-refractivity contribution in [3.05, 3.63) is 48.0 Å². The highest BCUT2D eigenvalue weighted by molar-refractivity contribution is 6.75. The molecule has 0 aromatic heterocycles. The molecule has 1 aromatic rings. The predicted molar refractivity (Wildman–Crippen MR) is 103 cm³/mol. The van der Waals surface area contributed by atoms with Gasteiger partial charge < -0.3 is 9.53 Å². The monoisotopic (exact) mass is 362 g/mol. The number of aliphatic carboxylic acids is 1. The van der Waals surface area contributed by atoms with E-state index in [2.05, 4.69) is 38.1 Å². The third-order valence-electron chi connectivity index (χ3n) is 4.28. The molecule has 1 N–H and O–H groups in total. The fraction of sp³-hybridized carbons (Fsp3) is 0.500. The highest BCUT2D eigenvalue weighted by Gasteiger charge is 2.35. The summed E-state index contributed by atoms with van der Waals surface area (Å²) in [5, 5.41) is 8.67. The van der Waals surface area contributed by atoms with Gasteiger partial charge in [-0.15, -0.1) is 0 Å². The normalized spacial score (nSPS) is 11.6. The Balaban J connectivity index is 2.63. The number of benzene rings is 1. The molecule has 0 unspecified atom stereocenters. The van der Waals surface area contributed by atoms with Gasteiger partial charge in [0.2, 0.25) is 0 Å². The fourth-order valence-electron chi connectivity index (χ4n) is 3.25. The molecule has 1 rings (SSSR count). The van der Waals surface area contributed by atoms with E-state index >= 15 is 0 Å². The molecule has 0 aliphatic rings. The summed E-state index contributed by atoms with van der Waals surface area (Å²) in [7, 11) is -2.16. The largest absolute Gasteiger partial charge is 0.516 e. The summed E-state index contributed by atoms with van der Waals surface area (Å²) in [4.78, 5) is 22.6. The van der Waals surface area contributed by atoms with Gasteiger partial charge in [-0.2, -0.15) is 0 Å². The van der Waals surface area contributed by atoms with E-state index < -0.39 is 20.3 Å². The quantitative estimate of drug-likeness (QED) is 0.324. The van der Waals surface area contributed by atoms with Gasteiger partial charge in [-0.3, -0.25) is 0 Å². The maximum Gasteiger partial charge on any atom is 0.328 e. The van der Waals surface area contributed by atoms with E-state index in [1.54, 1.807) is 0 Å². The van der Waals surface area contributed by atoms with Crippen LogP contribution in [-0.2, 0) is 20.4 Å². The average Bonchev–Trinajstić information content (AvgIpc) is 2.58. The second kappa shape index (κ2) is 11.6. The van der Waals surface area contributed by atoms with Crippen molar-refractivity contribution in [2.24, 2.45) is 0 Å². The fourth-order valence-corrected chi connectivity index (χ4v) is 7.51. The first-order chi connectivity index (χ1) is 12.0. The number of carboxylic acid groups (broad SMARTS) is 1. The summed E-state index contributed by atoms with van der Waals surface area (Å²) in [6.45, 7) is 4.23. The summed E-state index contributed by atoms with van der Waals surface area (Å²) in [6.07, 6.45) is 7.03. The zero-order chi connectivity index (χ0) is 18.5. The van der Waals surface area contributed by atoms with Crippen LogP contribution in [0.15, 0.2) is 42.5 Å². The van der Waals surface area contributed by atoms with Crippen LogP contribution in [0.25, 0.3) is 0 Å². The standard InChI is InChI=1S/C20H30O4Si/c1-3-15-25(16-4-2,24-20(23)14-13-19(21)22)17-9-8-12-18-10-6-5-7-11-18/h5-7,10-11,13-14H,3-4,8-9,12,15-17H2,1-2H3,(H,21,22)/b14-13-. The highest BCUT2D eigenvalue weighted by atomic mass is 28.4. The minimum Gasteiger partial charge on any atom is -0.516 e. The molecule has 0 radical (unpaired) electrons. The van der Waals surface area contributed by atoms with Crippen molar-refractivity contribution in [3.63, 3.8) is 0 Å². The van der Waals surface area contributed by atoms with Crippen LogP contribution in [-0.4, -0.2) is 25.4 Å². The summed E-state index contributed by atoms with van der Waals surface area (Å²) < 4.78 is 5.87. The lowest BCUT2D eigenvalue weighted by Gasteiger charge is -2.30. The summed E-state index contributed by atoms with van der Waals surface area (Å²) >= 11 is 0. The Hall–Kier alpha value is -1.88. The molecule has 138 valence electrons.